The van der Waals surface area contributed by atoms with Gasteiger partial charge in [-0.1, -0.05) is 17.8 Å². The van der Waals surface area contributed by atoms with Crippen LogP contribution in [0.5, 0.6) is 5.75 Å². The number of aromatic nitrogens is 6. The van der Waals surface area contributed by atoms with Crippen LogP contribution in [-0.4, -0.2) is 37.3 Å². The van der Waals surface area contributed by atoms with Crippen LogP contribution in [0, 0.1) is 6.92 Å². The molecule has 0 aliphatic heterocycles. The van der Waals surface area contributed by atoms with E-state index in [0.717, 1.165) is 23.8 Å². The van der Waals surface area contributed by atoms with Crippen molar-refractivity contribution in [3.63, 3.8) is 0 Å². The van der Waals surface area contributed by atoms with Crippen molar-refractivity contribution in [3.8, 4) is 11.4 Å². The van der Waals surface area contributed by atoms with Gasteiger partial charge in [-0.15, -0.1) is 5.10 Å². The van der Waals surface area contributed by atoms with Crippen molar-refractivity contribution in [2.24, 2.45) is 0 Å². The molecule has 0 radical (unpaired) electrons. The van der Waals surface area contributed by atoms with Crippen molar-refractivity contribution in [2.45, 2.75) is 24.0 Å². The van der Waals surface area contributed by atoms with Crippen molar-refractivity contribution in [1.82, 2.24) is 30.2 Å². The Kier molecular flexibility index (Phi) is 5.39. The molecule has 160 valence electrons. The van der Waals surface area contributed by atoms with Crippen LogP contribution in [0.25, 0.3) is 16.6 Å². The number of fused-ring (bicyclic) bond motifs is 1. The van der Waals surface area contributed by atoms with Gasteiger partial charge in [-0.25, -0.2) is 4.98 Å². The molecule has 0 amide bonds. The van der Waals surface area contributed by atoms with E-state index in [-0.39, 0.29) is 22.5 Å². The lowest BCUT2D eigenvalue weighted by atomic mass is 10.1. The van der Waals surface area contributed by atoms with Crippen LogP contribution in [-0.2, 0) is 11.9 Å². The number of aryl methyl sites for hydroxylation is 1. The van der Waals surface area contributed by atoms with E-state index in [9.17, 15) is 18.0 Å². The first-order valence-corrected chi connectivity index (χ1v) is 9.91. The van der Waals surface area contributed by atoms with Gasteiger partial charge in [0.05, 0.1) is 29.3 Å². The Bertz CT molecular complexity index is 1320. The molecule has 12 heteroatoms. The van der Waals surface area contributed by atoms with E-state index < -0.39 is 17.3 Å². The third-order valence-electron chi connectivity index (χ3n) is 4.42. The van der Waals surface area contributed by atoms with E-state index in [1.54, 1.807) is 6.07 Å². The second kappa shape index (κ2) is 8.02. The number of hydrogen-bond donors (Lipinski definition) is 1. The van der Waals surface area contributed by atoms with Gasteiger partial charge < -0.3 is 9.72 Å². The fourth-order valence-corrected chi connectivity index (χ4v) is 3.71. The standard InChI is InChI=1S/C19H15F3N6O2S/c1-10-3-6-15(30-2)14(7-10)28-18(25-26-27-28)31-9-16-23-13-8-11(19(20,21)22)4-5-12(13)17(29)24-16/h3-8H,9H2,1-2H3,(H,23,24,29). The van der Waals surface area contributed by atoms with Crippen LogP contribution in [0.15, 0.2) is 46.3 Å². The largest absolute Gasteiger partial charge is 0.494 e. The van der Waals surface area contributed by atoms with Crippen LogP contribution in [0.4, 0.5) is 13.2 Å². The maximum absolute atomic E-state index is 13.0. The van der Waals surface area contributed by atoms with Crippen molar-refractivity contribution in [1.29, 1.82) is 0 Å². The summed E-state index contributed by atoms with van der Waals surface area (Å²) < 4.78 is 45.8. The lowest BCUT2D eigenvalue weighted by Crippen LogP contribution is -2.13. The highest BCUT2D eigenvalue weighted by molar-refractivity contribution is 7.98. The number of tetrazole rings is 1. The van der Waals surface area contributed by atoms with E-state index in [2.05, 4.69) is 25.5 Å². The summed E-state index contributed by atoms with van der Waals surface area (Å²) in [6, 6.07) is 8.37. The zero-order valence-electron chi connectivity index (χ0n) is 16.3. The van der Waals surface area contributed by atoms with Gasteiger partial charge in [0.15, 0.2) is 0 Å². The highest BCUT2D eigenvalue weighted by Gasteiger charge is 2.30. The number of ether oxygens (including phenoxy) is 1. The number of methoxy groups -OCH3 is 1. The summed E-state index contributed by atoms with van der Waals surface area (Å²) in [5.74, 6) is 0.903. The molecule has 0 aliphatic carbocycles. The molecule has 2 aromatic carbocycles. The Morgan fingerprint density at radius 1 is 1.19 bits per heavy atom. The molecule has 0 unspecified atom stereocenters. The molecule has 0 fully saturated rings. The minimum absolute atomic E-state index is 0.0332. The fraction of sp³-hybridized carbons (Fsp3) is 0.211. The Morgan fingerprint density at radius 3 is 2.74 bits per heavy atom. The Balaban J connectivity index is 1.65. The molecule has 4 aromatic rings. The molecule has 0 saturated carbocycles. The highest BCUT2D eigenvalue weighted by Crippen LogP contribution is 2.31. The smallest absolute Gasteiger partial charge is 0.416 e. The number of thioether (sulfide) groups is 1. The Hall–Kier alpha value is -3.41. The molecule has 2 aromatic heterocycles. The molecule has 8 nitrogen and oxygen atoms in total. The van der Waals surface area contributed by atoms with Gasteiger partial charge in [-0.3, -0.25) is 4.79 Å². The molecule has 31 heavy (non-hydrogen) atoms. The minimum Gasteiger partial charge on any atom is -0.494 e. The second-order valence-electron chi connectivity index (χ2n) is 6.58. The van der Waals surface area contributed by atoms with Crippen molar-refractivity contribution in [3.05, 3.63) is 63.7 Å². The number of halogens is 3. The summed E-state index contributed by atoms with van der Waals surface area (Å²) in [6.07, 6.45) is -4.53. The monoisotopic (exact) mass is 448 g/mol. The quantitative estimate of drug-likeness (QED) is 0.467. The van der Waals surface area contributed by atoms with E-state index in [4.69, 9.17) is 4.74 Å². The van der Waals surface area contributed by atoms with E-state index in [0.29, 0.717) is 16.6 Å². The van der Waals surface area contributed by atoms with Gasteiger partial charge in [-0.2, -0.15) is 17.9 Å². The van der Waals surface area contributed by atoms with Crippen LogP contribution < -0.4 is 10.3 Å². The molecule has 1 N–H and O–H groups in total. The summed E-state index contributed by atoms with van der Waals surface area (Å²) in [5, 5.41) is 12.1. The van der Waals surface area contributed by atoms with Gasteiger partial charge in [0.1, 0.15) is 17.3 Å². The van der Waals surface area contributed by atoms with E-state index >= 15 is 0 Å². The summed E-state index contributed by atoms with van der Waals surface area (Å²) in [6.45, 7) is 1.92. The molecule has 0 spiro atoms. The number of rotatable bonds is 5. The van der Waals surface area contributed by atoms with Gasteiger partial charge in [0, 0.05) is 0 Å². The van der Waals surface area contributed by atoms with Crippen LogP contribution in [0.1, 0.15) is 17.0 Å². The average molecular weight is 448 g/mol. The van der Waals surface area contributed by atoms with Crippen LogP contribution >= 0.6 is 11.8 Å². The minimum atomic E-state index is -4.53. The molecule has 0 aliphatic rings. The first-order chi connectivity index (χ1) is 14.8. The summed E-state index contributed by atoms with van der Waals surface area (Å²) in [5.41, 5.74) is 0.184. The predicted octanol–water partition coefficient (Wildman–Crippen LogP) is 3.53. The molecule has 0 bridgehead atoms. The molecule has 4 rings (SSSR count). The van der Waals surface area contributed by atoms with Gasteiger partial charge in [-0.05, 0) is 53.2 Å². The first kappa shape index (κ1) is 20.8. The van der Waals surface area contributed by atoms with Crippen molar-refractivity contribution in [2.75, 3.05) is 7.11 Å². The van der Waals surface area contributed by atoms with Gasteiger partial charge in [0.25, 0.3) is 5.56 Å². The summed E-state index contributed by atoms with van der Waals surface area (Å²) in [4.78, 5) is 19.1. The zero-order chi connectivity index (χ0) is 22.2. The van der Waals surface area contributed by atoms with Gasteiger partial charge in [0.2, 0.25) is 5.16 Å². The fourth-order valence-electron chi connectivity index (χ4n) is 2.95. The number of hydrogen-bond acceptors (Lipinski definition) is 7. The van der Waals surface area contributed by atoms with E-state index in [1.807, 2.05) is 19.1 Å². The Morgan fingerprint density at radius 2 is 2.00 bits per heavy atom. The number of H-pyrrole nitrogens is 1. The maximum Gasteiger partial charge on any atom is 0.416 e. The number of aromatic amines is 1. The normalized spacial score (nSPS) is 11.8. The number of benzene rings is 2. The number of nitrogens with zero attached hydrogens (tertiary/aromatic N) is 5. The maximum atomic E-state index is 13.0. The lowest BCUT2D eigenvalue weighted by molar-refractivity contribution is -0.137. The molecule has 2 heterocycles. The molecular formula is C19H15F3N6O2S. The first-order valence-electron chi connectivity index (χ1n) is 8.92. The Labute approximate surface area is 177 Å². The lowest BCUT2D eigenvalue weighted by Gasteiger charge is -2.10. The van der Waals surface area contributed by atoms with Crippen LogP contribution in [0.2, 0.25) is 0 Å². The molecular weight excluding hydrogens is 433 g/mol. The second-order valence-corrected chi connectivity index (χ2v) is 7.52. The third kappa shape index (κ3) is 4.24. The van der Waals surface area contributed by atoms with Crippen molar-refractivity contribution >= 4 is 22.7 Å². The number of nitrogens with one attached hydrogen (secondary N) is 1. The predicted molar refractivity (Wildman–Crippen MR) is 107 cm³/mol. The van der Waals surface area contributed by atoms with Gasteiger partial charge >= 0.3 is 6.18 Å². The highest BCUT2D eigenvalue weighted by atomic mass is 32.2. The van der Waals surface area contributed by atoms with E-state index in [1.165, 1.54) is 23.6 Å². The molecule has 0 saturated heterocycles. The molecule has 0 atom stereocenters. The number of alkyl halides is 3. The van der Waals surface area contributed by atoms with Crippen LogP contribution in [0.3, 0.4) is 0 Å². The zero-order valence-corrected chi connectivity index (χ0v) is 17.1. The summed E-state index contributed by atoms with van der Waals surface area (Å²) in [7, 11) is 1.53. The SMILES string of the molecule is COc1ccc(C)cc1-n1nnnc1SCc1nc2cc(C(F)(F)F)ccc2c(=O)[nH]1. The van der Waals surface area contributed by atoms with Crippen molar-refractivity contribution < 1.29 is 17.9 Å². The third-order valence-corrected chi connectivity index (χ3v) is 5.35. The average Bonchev–Trinajstić information content (AvgIpc) is 3.19. The topological polar surface area (TPSA) is 98.6 Å². The summed E-state index contributed by atoms with van der Waals surface area (Å²) >= 11 is 1.17.